The van der Waals surface area contributed by atoms with E-state index in [1.54, 1.807) is 25.4 Å². The number of rotatable bonds is 5. The monoisotopic (exact) mass is 466 g/mol. The molecule has 2 atom stereocenters. The third-order valence-electron chi connectivity index (χ3n) is 6.50. The minimum atomic E-state index is -0.350. The van der Waals surface area contributed by atoms with Gasteiger partial charge in [0, 0.05) is 39.3 Å². The van der Waals surface area contributed by atoms with Crippen molar-refractivity contribution in [3.8, 4) is 5.88 Å². The molecular formula is C24H27FN6O3. The van der Waals surface area contributed by atoms with E-state index >= 15 is 0 Å². The SMILES string of the molecule is CNC(=O)c1ccc(N2CCN(C3COC(c4nc(OC)c5cc(F)ccc5n4)C3)CC2)cn1. The van der Waals surface area contributed by atoms with Gasteiger partial charge in [-0.3, -0.25) is 9.69 Å². The fraction of sp³-hybridized carbons (Fsp3) is 0.417. The van der Waals surface area contributed by atoms with Crippen molar-refractivity contribution in [2.45, 2.75) is 18.6 Å². The van der Waals surface area contributed by atoms with Crippen molar-refractivity contribution < 1.29 is 18.7 Å². The normalized spacial score (nSPS) is 21.1. The van der Waals surface area contributed by atoms with Gasteiger partial charge in [0.2, 0.25) is 5.88 Å². The number of amides is 1. The molecule has 0 saturated carbocycles. The van der Waals surface area contributed by atoms with Gasteiger partial charge in [-0.25, -0.2) is 14.4 Å². The minimum Gasteiger partial charge on any atom is -0.480 e. The minimum absolute atomic E-state index is 0.188. The van der Waals surface area contributed by atoms with Gasteiger partial charge in [-0.15, -0.1) is 0 Å². The number of piperazine rings is 1. The molecule has 2 aromatic heterocycles. The maximum Gasteiger partial charge on any atom is 0.269 e. The van der Waals surface area contributed by atoms with Crippen LogP contribution >= 0.6 is 0 Å². The van der Waals surface area contributed by atoms with Gasteiger partial charge >= 0.3 is 0 Å². The molecule has 3 aromatic rings. The van der Waals surface area contributed by atoms with E-state index in [0.29, 0.717) is 34.9 Å². The molecule has 2 unspecified atom stereocenters. The predicted molar refractivity (Wildman–Crippen MR) is 125 cm³/mol. The van der Waals surface area contributed by atoms with Gasteiger partial charge in [-0.2, -0.15) is 4.98 Å². The van der Waals surface area contributed by atoms with Crippen molar-refractivity contribution >= 4 is 22.5 Å². The van der Waals surface area contributed by atoms with Crippen LogP contribution in [0.15, 0.2) is 36.5 Å². The Balaban J connectivity index is 1.22. The molecule has 5 rings (SSSR count). The zero-order valence-corrected chi connectivity index (χ0v) is 19.2. The van der Waals surface area contributed by atoms with Crippen LogP contribution < -0.4 is 15.0 Å². The molecule has 2 aliphatic rings. The zero-order chi connectivity index (χ0) is 23.7. The van der Waals surface area contributed by atoms with E-state index < -0.39 is 0 Å². The summed E-state index contributed by atoms with van der Waals surface area (Å²) >= 11 is 0. The number of carbonyl (C=O) groups excluding carboxylic acids is 1. The number of nitrogens with one attached hydrogen (secondary N) is 1. The van der Waals surface area contributed by atoms with E-state index in [-0.39, 0.29) is 23.9 Å². The van der Waals surface area contributed by atoms with E-state index in [4.69, 9.17) is 9.47 Å². The molecule has 10 heteroatoms. The first-order chi connectivity index (χ1) is 16.6. The molecule has 4 heterocycles. The van der Waals surface area contributed by atoms with Gasteiger partial charge < -0.3 is 19.7 Å². The standard InChI is InChI=1S/C24H27FN6O3/c1-26-23(32)20-6-4-16(13-27-20)30-7-9-31(10-8-30)17-12-21(34-14-17)22-28-19-5-3-15(25)11-18(19)24(29-22)33-2/h3-6,11,13,17,21H,7-10,12,14H2,1-2H3,(H,26,32). The maximum atomic E-state index is 13.6. The Morgan fingerprint density at radius 2 is 2.00 bits per heavy atom. The highest BCUT2D eigenvalue weighted by Crippen LogP contribution is 2.33. The van der Waals surface area contributed by atoms with Gasteiger partial charge in [0.15, 0.2) is 5.82 Å². The Morgan fingerprint density at radius 3 is 2.71 bits per heavy atom. The van der Waals surface area contributed by atoms with Crippen molar-refractivity contribution in [1.29, 1.82) is 0 Å². The molecule has 0 bridgehead atoms. The molecule has 2 fully saturated rings. The smallest absolute Gasteiger partial charge is 0.269 e. The summed E-state index contributed by atoms with van der Waals surface area (Å²) in [6.07, 6.45) is 2.32. The Labute approximate surface area is 196 Å². The number of fused-ring (bicyclic) bond motifs is 1. The lowest BCUT2D eigenvalue weighted by Crippen LogP contribution is -2.50. The number of benzene rings is 1. The molecule has 9 nitrogen and oxygen atoms in total. The van der Waals surface area contributed by atoms with Crippen LogP contribution in [-0.4, -0.2) is 78.7 Å². The number of ether oxygens (including phenoxy) is 2. The van der Waals surface area contributed by atoms with Crippen LogP contribution in [0.5, 0.6) is 5.88 Å². The second-order valence-electron chi connectivity index (χ2n) is 8.47. The van der Waals surface area contributed by atoms with Crippen LogP contribution in [0.3, 0.4) is 0 Å². The number of hydrogen-bond donors (Lipinski definition) is 1. The highest BCUT2D eigenvalue weighted by Gasteiger charge is 2.34. The van der Waals surface area contributed by atoms with E-state index in [1.165, 1.54) is 19.2 Å². The molecular weight excluding hydrogens is 439 g/mol. The van der Waals surface area contributed by atoms with Gasteiger partial charge in [0.05, 0.1) is 36.5 Å². The van der Waals surface area contributed by atoms with Crippen molar-refractivity contribution in [2.75, 3.05) is 51.8 Å². The average molecular weight is 467 g/mol. The summed E-state index contributed by atoms with van der Waals surface area (Å²) in [5.41, 5.74) is 2.07. The van der Waals surface area contributed by atoms with Crippen LogP contribution in [0.1, 0.15) is 28.8 Å². The molecule has 178 valence electrons. The quantitative estimate of drug-likeness (QED) is 0.612. The molecule has 0 spiro atoms. The van der Waals surface area contributed by atoms with Crippen LogP contribution in [0.2, 0.25) is 0 Å². The molecule has 0 aliphatic carbocycles. The van der Waals surface area contributed by atoms with Crippen LogP contribution in [0.4, 0.5) is 10.1 Å². The van der Waals surface area contributed by atoms with Crippen molar-refractivity contribution in [1.82, 2.24) is 25.2 Å². The van der Waals surface area contributed by atoms with Crippen molar-refractivity contribution in [3.05, 3.63) is 53.9 Å². The third-order valence-corrected chi connectivity index (χ3v) is 6.50. The van der Waals surface area contributed by atoms with Crippen LogP contribution in [0, 0.1) is 5.82 Å². The Morgan fingerprint density at radius 1 is 1.18 bits per heavy atom. The largest absolute Gasteiger partial charge is 0.480 e. The number of halogens is 1. The van der Waals surface area contributed by atoms with Crippen molar-refractivity contribution in [3.63, 3.8) is 0 Å². The second kappa shape index (κ2) is 9.47. The Kier molecular flexibility index (Phi) is 6.25. The number of hydrogen-bond acceptors (Lipinski definition) is 8. The number of carbonyl (C=O) groups is 1. The van der Waals surface area contributed by atoms with Gasteiger partial charge in [0.25, 0.3) is 5.91 Å². The third kappa shape index (κ3) is 4.38. The highest BCUT2D eigenvalue weighted by molar-refractivity contribution is 5.92. The number of methoxy groups -OCH3 is 1. The van der Waals surface area contributed by atoms with Gasteiger partial charge in [0.1, 0.15) is 17.6 Å². The molecule has 2 saturated heterocycles. The molecule has 1 aromatic carbocycles. The Hall–Kier alpha value is -3.37. The van der Waals surface area contributed by atoms with Gasteiger partial charge in [-0.1, -0.05) is 0 Å². The number of pyridine rings is 1. The summed E-state index contributed by atoms with van der Waals surface area (Å²) in [5, 5.41) is 3.14. The first kappa shape index (κ1) is 22.4. The van der Waals surface area contributed by atoms with E-state index in [2.05, 4.69) is 30.1 Å². The average Bonchev–Trinajstić information content (AvgIpc) is 3.38. The number of aromatic nitrogens is 3. The highest BCUT2D eigenvalue weighted by atomic mass is 19.1. The summed E-state index contributed by atoms with van der Waals surface area (Å²) in [4.78, 5) is 29.8. The lowest BCUT2D eigenvalue weighted by atomic mass is 10.1. The van der Waals surface area contributed by atoms with Crippen LogP contribution in [-0.2, 0) is 4.74 Å². The summed E-state index contributed by atoms with van der Waals surface area (Å²) < 4.78 is 25.1. The number of anilines is 1. The second-order valence-corrected chi connectivity index (χ2v) is 8.47. The first-order valence-electron chi connectivity index (χ1n) is 11.4. The van der Waals surface area contributed by atoms with E-state index in [9.17, 15) is 9.18 Å². The molecule has 2 aliphatic heterocycles. The fourth-order valence-corrected chi connectivity index (χ4v) is 4.61. The topological polar surface area (TPSA) is 92.7 Å². The van der Waals surface area contributed by atoms with E-state index in [1.807, 2.05) is 6.07 Å². The van der Waals surface area contributed by atoms with Crippen LogP contribution in [0.25, 0.3) is 10.9 Å². The summed E-state index contributed by atoms with van der Waals surface area (Å²) in [5.74, 6) is 0.388. The fourth-order valence-electron chi connectivity index (χ4n) is 4.61. The lowest BCUT2D eigenvalue weighted by molar-refractivity contribution is 0.0903. The molecule has 1 N–H and O–H groups in total. The Bertz CT molecular complexity index is 1180. The molecule has 1 amide bonds. The van der Waals surface area contributed by atoms with Gasteiger partial charge in [-0.05, 0) is 36.8 Å². The maximum absolute atomic E-state index is 13.6. The molecule has 34 heavy (non-hydrogen) atoms. The summed E-state index contributed by atoms with van der Waals surface area (Å²) in [6, 6.07) is 8.38. The van der Waals surface area contributed by atoms with Crippen molar-refractivity contribution in [2.24, 2.45) is 0 Å². The lowest BCUT2D eigenvalue weighted by Gasteiger charge is -2.38. The zero-order valence-electron chi connectivity index (χ0n) is 19.2. The van der Waals surface area contributed by atoms with E-state index in [0.717, 1.165) is 38.3 Å². The first-order valence-corrected chi connectivity index (χ1v) is 11.4. The predicted octanol–water partition coefficient (Wildman–Crippen LogP) is 2.18. The summed E-state index contributed by atoms with van der Waals surface area (Å²) in [7, 11) is 3.12. The molecule has 0 radical (unpaired) electrons. The summed E-state index contributed by atoms with van der Waals surface area (Å²) in [6.45, 7) is 4.15. The number of nitrogens with zero attached hydrogens (tertiary/aromatic N) is 5.